The van der Waals surface area contributed by atoms with E-state index in [1.54, 1.807) is 19.3 Å². The largest absolute Gasteiger partial charge is 0.497 e. The van der Waals surface area contributed by atoms with Gasteiger partial charge in [0.1, 0.15) is 34.6 Å². The monoisotopic (exact) mass is 456 g/mol. The second-order valence-corrected chi connectivity index (χ2v) is 7.55. The third-order valence-electron chi connectivity index (χ3n) is 4.65. The molecule has 32 heavy (non-hydrogen) atoms. The van der Waals surface area contributed by atoms with E-state index < -0.39 is 5.56 Å². The molecule has 0 amide bonds. The van der Waals surface area contributed by atoms with E-state index in [2.05, 4.69) is 18.3 Å². The van der Waals surface area contributed by atoms with Crippen molar-refractivity contribution in [2.75, 3.05) is 13.7 Å². The summed E-state index contributed by atoms with van der Waals surface area (Å²) >= 11 is 6.42. The van der Waals surface area contributed by atoms with Crippen LogP contribution < -0.4 is 15.0 Å². The molecule has 2 rings (SSSR count). The van der Waals surface area contributed by atoms with Crippen molar-refractivity contribution in [3.05, 3.63) is 86.6 Å². The van der Waals surface area contributed by atoms with Crippen molar-refractivity contribution in [3.8, 4) is 11.5 Å². The van der Waals surface area contributed by atoms with Gasteiger partial charge in [0.25, 0.3) is 5.56 Å². The third-order valence-corrected chi connectivity index (χ3v) is 5.00. The molecule has 0 N–H and O–H groups in total. The number of aromatic nitrogens is 1. The summed E-state index contributed by atoms with van der Waals surface area (Å²) in [6.45, 7) is 15.6. The Morgan fingerprint density at radius 1 is 1.25 bits per heavy atom. The fourth-order valence-corrected chi connectivity index (χ4v) is 3.19. The van der Waals surface area contributed by atoms with Crippen molar-refractivity contribution in [3.63, 3.8) is 0 Å². The highest BCUT2D eigenvalue weighted by molar-refractivity contribution is 6.31. The van der Waals surface area contributed by atoms with Gasteiger partial charge in [-0.3, -0.25) is 14.4 Å². The van der Waals surface area contributed by atoms with Crippen LogP contribution in [0.3, 0.4) is 0 Å². The number of ether oxygens (including phenoxy) is 3. The normalized spacial score (nSPS) is 11.0. The summed E-state index contributed by atoms with van der Waals surface area (Å²) in [7, 11) is 1.61. The molecule has 0 aliphatic rings. The molecule has 7 heteroatoms. The number of pyridine rings is 1. The molecule has 0 unspecified atom stereocenters. The fraction of sp³-hybridized carbons (Fsp3) is 0.280. The zero-order valence-electron chi connectivity index (χ0n) is 19.2. The van der Waals surface area contributed by atoms with Crippen molar-refractivity contribution in [1.82, 2.24) is 4.57 Å². The molecule has 0 atom stereocenters. The Bertz CT molecular complexity index is 1110. The molecule has 0 aliphatic carbocycles. The molecular formula is C25H29ClN2O4. The number of halogens is 1. The highest BCUT2D eigenvalue weighted by atomic mass is 35.5. The van der Waals surface area contributed by atoms with Crippen molar-refractivity contribution in [1.29, 1.82) is 0 Å². The van der Waals surface area contributed by atoms with Crippen LogP contribution >= 0.6 is 11.6 Å². The summed E-state index contributed by atoms with van der Waals surface area (Å²) in [6, 6.07) is 9.21. The third kappa shape index (κ3) is 5.92. The number of allylic oxidation sites excluding steroid dienone is 3. The smallest absolute Gasteiger partial charge is 0.277 e. The van der Waals surface area contributed by atoms with Gasteiger partial charge >= 0.3 is 0 Å². The number of hydrogen-bond acceptors (Lipinski definition) is 5. The van der Waals surface area contributed by atoms with E-state index in [0.29, 0.717) is 35.2 Å². The molecule has 0 saturated carbocycles. The lowest BCUT2D eigenvalue weighted by molar-refractivity contribution is 0.239. The summed E-state index contributed by atoms with van der Waals surface area (Å²) < 4.78 is 18.0. The predicted molar refractivity (Wildman–Crippen MR) is 131 cm³/mol. The molecule has 1 aromatic carbocycles. The molecular weight excluding hydrogens is 428 g/mol. The van der Waals surface area contributed by atoms with E-state index in [4.69, 9.17) is 25.8 Å². The fourth-order valence-electron chi connectivity index (χ4n) is 2.99. The van der Waals surface area contributed by atoms with Crippen molar-refractivity contribution in [2.45, 2.75) is 34.3 Å². The average molecular weight is 457 g/mol. The van der Waals surface area contributed by atoms with Crippen molar-refractivity contribution >= 4 is 24.0 Å². The lowest BCUT2D eigenvalue weighted by Gasteiger charge is -2.17. The second kappa shape index (κ2) is 11.4. The quantitative estimate of drug-likeness (QED) is 0.258. The van der Waals surface area contributed by atoms with Gasteiger partial charge in [-0.25, -0.2) is 0 Å². The zero-order valence-corrected chi connectivity index (χ0v) is 20.0. The standard InChI is InChI=1S/C25H29ClN2O4/c1-8-31-18(5)21(27-6)14-22(16(2)3)28-17(4)13-23(24(26)25(28)29)32-15-19-9-11-20(30-7)12-10-19/h9-14H,5-6,8,15H2,1-4,7H3/b21-14-. The second-order valence-electron chi connectivity index (χ2n) is 7.17. The first kappa shape index (κ1) is 25.0. The average Bonchev–Trinajstić information content (AvgIpc) is 2.77. The Morgan fingerprint density at radius 2 is 1.91 bits per heavy atom. The number of aliphatic imine (C=N–C) groups is 1. The van der Waals surface area contributed by atoms with Gasteiger partial charge in [0.15, 0.2) is 0 Å². The number of rotatable bonds is 10. The van der Waals surface area contributed by atoms with Gasteiger partial charge in [-0.15, -0.1) is 0 Å². The van der Waals surface area contributed by atoms with Gasteiger partial charge in [-0.1, -0.05) is 35.9 Å². The Kier molecular flexibility index (Phi) is 8.91. The SMILES string of the molecule is C=N/C(=C\C(=C(C)C)n1c(C)cc(OCc2ccc(OC)cc2)c(Cl)c1=O)C(=C)OCC. The Balaban J connectivity index is 2.43. The topological polar surface area (TPSA) is 62.0 Å². The molecule has 0 fully saturated rings. The van der Waals surface area contributed by atoms with E-state index in [1.807, 2.05) is 52.0 Å². The van der Waals surface area contributed by atoms with Gasteiger partial charge in [0, 0.05) is 17.5 Å². The van der Waals surface area contributed by atoms with E-state index in [9.17, 15) is 4.79 Å². The van der Waals surface area contributed by atoms with E-state index >= 15 is 0 Å². The first-order chi connectivity index (χ1) is 15.2. The molecule has 6 nitrogen and oxygen atoms in total. The van der Waals surface area contributed by atoms with Crippen LogP contribution in [-0.4, -0.2) is 25.0 Å². The maximum absolute atomic E-state index is 13.2. The Morgan fingerprint density at radius 3 is 2.44 bits per heavy atom. The van der Waals surface area contributed by atoms with Gasteiger partial charge < -0.3 is 14.2 Å². The number of aryl methyl sites for hydroxylation is 1. The molecule has 170 valence electrons. The molecule has 2 aromatic rings. The van der Waals surface area contributed by atoms with Crippen molar-refractivity contribution in [2.24, 2.45) is 4.99 Å². The van der Waals surface area contributed by atoms with Crippen LogP contribution in [-0.2, 0) is 11.3 Å². The van der Waals surface area contributed by atoms with Gasteiger partial charge in [-0.2, -0.15) is 0 Å². The number of methoxy groups -OCH3 is 1. The first-order valence-corrected chi connectivity index (χ1v) is 10.5. The number of hydrogen-bond donors (Lipinski definition) is 0. The van der Waals surface area contributed by atoms with Crippen molar-refractivity contribution < 1.29 is 14.2 Å². The first-order valence-electron chi connectivity index (χ1n) is 10.1. The molecule has 1 heterocycles. The summed E-state index contributed by atoms with van der Waals surface area (Å²) in [5.74, 6) is 1.45. The summed E-state index contributed by atoms with van der Waals surface area (Å²) in [5, 5.41) is -0.00647. The number of benzene rings is 1. The highest BCUT2D eigenvalue weighted by Crippen LogP contribution is 2.27. The highest BCUT2D eigenvalue weighted by Gasteiger charge is 2.16. The summed E-state index contributed by atoms with van der Waals surface area (Å²) in [4.78, 5) is 17.2. The molecule has 1 aromatic heterocycles. The molecule has 0 aliphatic heterocycles. The lowest BCUT2D eigenvalue weighted by Crippen LogP contribution is -2.23. The Hall–Kier alpha value is -3.25. The summed E-state index contributed by atoms with van der Waals surface area (Å²) in [5.41, 5.74) is 3.11. The minimum absolute atomic E-state index is 0.00647. The van der Waals surface area contributed by atoms with Crippen LogP contribution in [0.4, 0.5) is 0 Å². The molecule has 0 radical (unpaired) electrons. The van der Waals surface area contributed by atoms with E-state index in [1.165, 1.54) is 4.57 Å². The maximum atomic E-state index is 13.2. The van der Waals surface area contributed by atoms with E-state index in [0.717, 1.165) is 16.9 Å². The van der Waals surface area contributed by atoms with Crippen LogP contribution in [0.1, 0.15) is 32.0 Å². The molecule has 0 saturated heterocycles. The molecule has 0 bridgehead atoms. The zero-order chi connectivity index (χ0) is 23.8. The van der Waals surface area contributed by atoms with Crippen LogP contribution in [0, 0.1) is 6.92 Å². The minimum atomic E-state index is -0.394. The van der Waals surface area contributed by atoms with Crippen LogP contribution in [0.2, 0.25) is 5.02 Å². The predicted octanol–water partition coefficient (Wildman–Crippen LogP) is 5.78. The lowest BCUT2D eigenvalue weighted by atomic mass is 10.2. The summed E-state index contributed by atoms with van der Waals surface area (Å²) in [6.07, 6.45) is 1.71. The molecule has 0 spiro atoms. The van der Waals surface area contributed by atoms with Gasteiger partial charge in [-0.05, 0) is 58.2 Å². The van der Waals surface area contributed by atoms with E-state index in [-0.39, 0.29) is 11.6 Å². The Labute approximate surface area is 194 Å². The number of nitrogens with zero attached hydrogens (tertiary/aromatic N) is 2. The van der Waals surface area contributed by atoms with Crippen LogP contribution in [0.5, 0.6) is 11.5 Å². The van der Waals surface area contributed by atoms with Crippen LogP contribution in [0.25, 0.3) is 5.70 Å². The minimum Gasteiger partial charge on any atom is -0.497 e. The van der Waals surface area contributed by atoms with Gasteiger partial charge in [0.2, 0.25) is 0 Å². The van der Waals surface area contributed by atoms with Gasteiger partial charge in [0.05, 0.1) is 13.7 Å². The maximum Gasteiger partial charge on any atom is 0.277 e. The van der Waals surface area contributed by atoms with Crippen LogP contribution in [0.15, 0.2) is 69.8 Å².